The Morgan fingerprint density at radius 3 is 1.62 bits per heavy atom. The summed E-state index contributed by atoms with van der Waals surface area (Å²) in [7, 11) is 0. The average molecular weight is 574 g/mol. The zero-order valence-electron chi connectivity index (χ0n) is 24.4. The van der Waals surface area contributed by atoms with Crippen LogP contribution in [-0.4, -0.2) is 15.0 Å². The first-order valence-electron chi connectivity index (χ1n) is 15.6. The Morgan fingerprint density at radius 2 is 0.889 bits per heavy atom. The number of rotatable bonds is 4. The summed E-state index contributed by atoms with van der Waals surface area (Å²) >= 11 is 0. The third kappa shape index (κ3) is 2.93. The van der Waals surface area contributed by atoms with Crippen molar-refractivity contribution in [2.45, 2.75) is 16.7 Å². The van der Waals surface area contributed by atoms with Gasteiger partial charge in [0.25, 0.3) is 0 Å². The maximum Gasteiger partial charge on any atom is 0.164 e. The minimum atomic E-state index is -0.540. The van der Waals surface area contributed by atoms with Gasteiger partial charge >= 0.3 is 0 Å². The van der Waals surface area contributed by atoms with E-state index >= 15 is 0 Å². The highest BCUT2D eigenvalue weighted by atomic mass is 15.1. The van der Waals surface area contributed by atoms with Crippen molar-refractivity contribution in [2.75, 3.05) is 0 Å². The summed E-state index contributed by atoms with van der Waals surface area (Å²) in [5.74, 6) is 2.45. The van der Waals surface area contributed by atoms with Crippen LogP contribution in [0, 0.1) is 0 Å². The van der Waals surface area contributed by atoms with Crippen LogP contribution in [0.1, 0.15) is 45.1 Å². The van der Waals surface area contributed by atoms with E-state index < -0.39 is 5.41 Å². The number of aromatic nitrogens is 3. The van der Waals surface area contributed by atoms with Crippen molar-refractivity contribution in [3.8, 4) is 33.9 Å². The van der Waals surface area contributed by atoms with Gasteiger partial charge in [0.1, 0.15) is 5.82 Å². The number of fused-ring (bicyclic) bond motifs is 7. The Morgan fingerprint density at radius 1 is 0.378 bits per heavy atom. The molecule has 3 atom stereocenters. The second-order valence-electron chi connectivity index (χ2n) is 12.3. The van der Waals surface area contributed by atoms with Crippen LogP contribution in [0.5, 0.6) is 0 Å². The molecule has 0 aliphatic heterocycles. The molecule has 1 aromatic heterocycles. The van der Waals surface area contributed by atoms with Gasteiger partial charge in [-0.1, -0.05) is 158 Å². The van der Waals surface area contributed by atoms with Crippen LogP contribution in [0.15, 0.2) is 158 Å². The fourth-order valence-electron chi connectivity index (χ4n) is 8.84. The van der Waals surface area contributed by atoms with Gasteiger partial charge in [-0.05, 0) is 44.5 Å². The van der Waals surface area contributed by atoms with Crippen molar-refractivity contribution in [3.63, 3.8) is 0 Å². The Labute approximate surface area is 262 Å². The molecule has 7 aromatic rings. The van der Waals surface area contributed by atoms with Crippen LogP contribution in [0.2, 0.25) is 0 Å². The first-order valence-corrected chi connectivity index (χ1v) is 15.6. The van der Waals surface area contributed by atoms with Crippen LogP contribution in [0.4, 0.5) is 0 Å². The number of benzene rings is 6. The quantitative estimate of drug-likeness (QED) is 0.211. The van der Waals surface area contributed by atoms with E-state index in [0.29, 0.717) is 11.6 Å². The summed E-state index contributed by atoms with van der Waals surface area (Å²) in [4.78, 5) is 16.2. The highest BCUT2D eigenvalue weighted by molar-refractivity contribution is 5.86. The first-order chi connectivity index (χ1) is 22.3. The zero-order valence-corrected chi connectivity index (χ0v) is 24.4. The molecule has 3 nitrogen and oxygen atoms in total. The molecule has 3 heteroatoms. The normalized spacial score (nSPS) is 21.3. The van der Waals surface area contributed by atoms with Gasteiger partial charge < -0.3 is 0 Å². The summed E-state index contributed by atoms with van der Waals surface area (Å²) < 4.78 is 0. The summed E-state index contributed by atoms with van der Waals surface area (Å²) in [6, 6.07) is 56.3. The van der Waals surface area contributed by atoms with E-state index in [1.165, 1.54) is 33.4 Å². The molecule has 1 heterocycles. The SMILES string of the molecule is c1ccc(-c2nc(-c3ccccc3-c3ccccc3)nc(C34c5ccccc5C5c6ccccc6C53c3ccccc34)n2)cc1. The van der Waals surface area contributed by atoms with E-state index in [9.17, 15) is 0 Å². The molecule has 0 saturated heterocycles. The third-order valence-electron chi connectivity index (χ3n) is 10.4. The van der Waals surface area contributed by atoms with E-state index in [4.69, 9.17) is 15.0 Å². The molecule has 3 unspecified atom stereocenters. The Balaban J connectivity index is 1.32. The fourth-order valence-corrected chi connectivity index (χ4v) is 8.84. The lowest BCUT2D eigenvalue weighted by Gasteiger charge is -2.64. The van der Waals surface area contributed by atoms with E-state index in [0.717, 1.165) is 28.1 Å². The van der Waals surface area contributed by atoms with Crippen LogP contribution >= 0.6 is 0 Å². The van der Waals surface area contributed by atoms with Crippen molar-refractivity contribution in [1.82, 2.24) is 15.0 Å². The van der Waals surface area contributed by atoms with E-state index in [1.807, 2.05) is 6.07 Å². The predicted molar refractivity (Wildman–Crippen MR) is 178 cm³/mol. The van der Waals surface area contributed by atoms with Gasteiger partial charge in [-0.25, -0.2) is 15.0 Å². The molecule has 0 radical (unpaired) electrons. The number of hydrogen-bond donors (Lipinski definition) is 0. The topological polar surface area (TPSA) is 38.7 Å². The molecule has 1 spiro atoms. The molecule has 0 bridgehead atoms. The maximum atomic E-state index is 5.53. The van der Waals surface area contributed by atoms with Crippen LogP contribution in [0.25, 0.3) is 33.9 Å². The molecular formula is C42H27N3. The smallest absolute Gasteiger partial charge is 0.164 e. The van der Waals surface area contributed by atoms with Crippen molar-refractivity contribution in [2.24, 2.45) is 0 Å². The van der Waals surface area contributed by atoms with Crippen molar-refractivity contribution in [1.29, 1.82) is 0 Å². The van der Waals surface area contributed by atoms with Gasteiger partial charge in [-0.2, -0.15) is 0 Å². The molecule has 3 aliphatic carbocycles. The van der Waals surface area contributed by atoms with Crippen molar-refractivity contribution in [3.05, 3.63) is 197 Å². The highest BCUT2D eigenvalue weighted by Crippen LogP contribution is 2.80. The summed E-state index contributed by atoms with van der Waals surface area (Å²) in [5, 5.41) is 0. The monoisotopic (exact) mass is 573 g/mol. The summed E-state index contributed by atoms with van der Waals surface area (Å²) in [6.07, 6.45) is 0. The molecule has 0 amide bonds. The lowest BCUT2D eigenvalue weighted by molar-refractivity contribution is 0.247. The Kier molecular flexibility index (Phi) is 4.91. The molecule has 0 fully saturated rings. The molecule has 6 aromatic carbocycles. The van der Waals surface area contributed by atoms with Crippen LogP contribution in [-0.2, 0) is 10.8 Å². The van der Waals surface area contributed by atoms with Gasteiger partial charge in [0.2, 0.25) is 0 Å². The number of hydrogen-bond acceptors (Lipinski definition) is 3. The van der Waals surface area contributed by atoms with E-state index in [1.54, 1.807) is 0 Å². The van der Waals surface area contributed by atoms with Gasteiger partial charge in [-0.15, -0.1) is 0 Å². The van der Waals surface area contributed by atoms with E-state index in [-0.39, 0.29) is 11.3 Å². The van der Waals surface area contributed by atoms with Gasteiger partial charge in [0, 0.05) is 17.0 Å². The molecule has 210 valence electrons. The first kappa shape index (κ1) is 24.7. The molecule has 0 N–H and O–H groups in total. The second kappa shape index (κ2) is 8.93. The predicted octanol–water partition coefficient (Wildman–Crippen LogP) is 8.97. The lowest BCUT2D eigenvalue weighted by Crippen LogP contribution is -2.64. The average Bonchev–Trinajstić information content (AvgIpc) is 3.30. The van der Waals surface area contributed by atoms with Gasteiger partial charge in [-0.3, -0.25) is 0 Å². The minimum absolute atomic E-state index is 0.247. The standard InChI is InChI=1S/C42H27N3/c1-3-15-27(16-4-1)29-19-7-8-20-30(29)39-43-38(28-17-5-2-6-18-28)44-40(45-39)42-34-24-12-10-22-32(34)37-31-21-9-11-23-33(31)41(37,42)35-25-13-14-26-36(35)42/h1-26,37H. The highest BCUT2D eigenvalue weighted by Gasteiger charge is 2.79. The molecule has 3 aliphatic rings. The molecule has 45 heavy (non-hydrogen) atoms. The van der Waals surface area contributed by atoms with Crippen LogP contribution < -0.4 is 0 Å². The van der Waals surface area contributed by atoms with Crippen molar-refractivity contribution >= 4 is 0 Å². The Bertz CT molecular complexity index is 2290. The lowest BCUT2D eigenvalue weighted by atomic mass is 9.36. The van der Waals surface area contributed by atoms with Crippen molar-refractivity contribution < 1.29 is 0 Å². The Hall–Kier alpha value is -5.67. The second-order valence-corrected chi connectivity index (χ2v) is 12.3. The third-order valence-corrected chi connectivity index (χ3v) is 10.4. The largest absolute Gasteiger partial charge is 0.212 e. The van der Waals surface area contributed by atoms with Gasteiger partial charge in [0.15, 0.2) is 11.6 Å². The summed E-state index contributed by atoms with van der Waals surface area (Å²) in [6.45, 7) is 0. The zero-order chi connectivity index (χ0) is 29.6. The summed E-state index contributed by atoms with van der Waals surface area (Å²) in [5.41, 5.74) is 11.6. The minimum Gasteiger partial charge on any atom is -0.212 e. The molecule has 10 rings (SSSR count). The van der Waals surface area contributed by atoms with Gasteiger partial charge in [0.05, 0.1) is 10.8 Å². The molecular weight excluding hydrogens is 546 g/mol. The fraction of sp³-hybridized carbons (Fsp3) is 0.0714. The maximum absolute atomic E-state index is 5.53. The van der Waals surface area contributed by atoms with E-state index in [2.05, 4.69) is 152 Å². The molecule has 0 saturated carbocycles. The number of nitrogens with zero attached hydrogens (tertiary/aromatic N) is 3. The van der Waals surface area contributed by atoms with Crippen LogP contribution in [0.3, 0.4) is 0 Å².